The zero-order valence-electron chi connectivity index (χ0n) is 9.55. The number of ketones is 1. The summed E-state index contributed by atoms with van der Waals surface area (Å²) in [6.45, 7) is 7.37. The zero-order valence-corrected chi connectivity index (χ0v) is 9.55. The number of ether oxygens (including phenoxy) is 2. The van der Waals surface area contributed by atoms with Gasteiger partial charge in [0.2, 0.25) is 0 Å². The van der Waals surface area contributed by atoms with Crippen LogP contribution >= 0.6 is 0 Å². The van der Waals surface area contributed by atoms with Gasteiger partial charge >= 0.3 is 6.09 Å². The maximum atomic E-state index is 11.4. The summed E-state index contributed by atoms with van der Waals surface area (Å²) in [7, 11) is 0. The van der Waals surface area contributed by atoms with E-state index in [1.165, 1.54) is 0 Å². The van der Waals surface area contributed by atoms with Crippen molar-refractivity contribution < 1.29 is 19.1 Å². The monoisotopic (exact) mass is 215 g/mol. The minimum Gasteiger partial charge on any atom is -0.444 e. The number of alkyl carbamates (subject to hydrolysis) is 1. The average molecular weight is 215 g/mol. The summed E-state index contributed by atoms with van der Waals surface area (Å²) in [5, 5.41) is 2.39. The Morgan fingerprint density at radius 1 is 1.47 bits per heavy atom. The molecule has 0 aliphatic carbocycles. The molecule has 1 atom stereocenters. The normalized spacial score (nSPS) is 24.5. The van der Waals surface area contributed by atoms with E-state index >= 15 is 0 Å². The summed E-state index contributed by atoms with van der Waals surface area (Å²) >= 11 is 0. The fraction of sp³-hybridized carbons (Fsp3) is 0.800. The first-order valence-electron chi connectivity index (χ1n) is 4.87. The highest BCUT2D eigenvalue weighted by Crippen LogP contribution is 2.26. The lowest BCUT2D eigenvalue weighted by Gasteiger charge is -2.19. The van der Waals surface area contributed by atoms with Crippen molar-refractivity contribution in [1.82, 2.24) is 5.32 Å². The third kappa shape index (κ3) is 3.87. The fourth-order valence-electron chi connectivity index (χ4n) is 0.923. The molecule has 0 saturated carbocycles. The largest absolute Gasteiger partial charge is 0.444 e. The van der Waals surface area contributed by atoms with E-state index in [4.69, 9.17) is 9.47 Å². The Bertz CT molecular complexity index is 276. The summed E-state index contributed by atoms with van der Waals surface area (Å²) in [6, 6.07) is 0. The van der Waals surface area contributed by atoms with Crippen molar-refractivity contribution in [3.8, 4) is 0 Å². The molecule has 1 aliphatic rings. The van der Waals surface area contributed by atoms with Gasteiger partial charge in [-0.2, -0.15) is 0 Å². The molecule has 1 amide bonds. The molecule has 1 fully saturated rings. The van der Waals surface area contributed by atoms with Gasteiger partial charge in [0.05, 0.1) is 13.2 Å². The molecule has 0 aromatic rings. The third-order valence-electron chi connectivity index (χ3n) is 1.96. The molecule has 86 valence electrons. The maximum absolute atomic E-state index is 11.4. The number of nitrogens with one attached hydrogen (secondary N) is 1. The van der Waals surface area contributed by atoms with Gasteiger partial charge in [-0.25, -0.2) is 4.79 Å². The third-order valence-corrected chi connectivity index (χ3v) is 1.96. The first-order valence-corrected chi connectivity index (χ1v) is 4.87. The first-order chi connectivity index (χ1) is 6.73. The Kier molecular flexibility index (Phi) is 3.04. The fourth-order valence-corrected chi connectivity index (χ4v) is 0.923. The zero-order chi connectivity index (χ0) is 11.7. The van der Waals surface area contributed by atoms with E-state index in [2.05, 4.69) is 5.32 Å². The number of hydrogen-bond donors (Lipinski definition) is 1. The highest BCUT2D eigenvalue weighted by atomic mass is 16.6. The van der Waals surface area contributed by atoms with Crippen LogP contribution in [-0.4, -0.2) is 36.2 Å². The number of amides is 1. The van der Waals surface area contributed by atoms with Crippen LogP contribution in [0.1, 0.15) is 27.7 Å². The molecule has 5 heteroatoms. The minimum atomic E-state index is -0.686. The van der Waals surface area contributed by atoms with E-state index in [1.54, 1.807) is 27.7 Å². The van der Waals surface area contributed by atoms with E-state index < -0.39 is 17.3 Å². The van der Waals surface area contributed by atoms with Crippen LogP contribution in [0.4, 0.5) is 4.79 Å². The van der Waals surface area contributed by atoms with Crippen molar-refractivity contribution in [2.45, 2.75) is 38.9 Å². The topological polar surface area (TPSA) is 67.9 Å². The number of carbonyl (C=O) groups is 2. The molecule has 0 aromatic carbocycles. The molecule has 1 unspecified atom stereocenters. The van der Waals surface area contributed by atoms with Crippen molar-refractivity contribution in [3.05, 3.63) is 0 Å². The Morgan fingerprint density at radius 2 is 2.00 bits per heavy atom. The maximum Gasteiger partial charge on any atom is 0.408 e. The SMILES string of the molecule is CC(C)(C)OC(=O)NCC(=O)C1(C)CO1. The number of hydrogen-bond acceptors (Lipinski definition) is 4. The second kappa shape index (κ2) is 3.81. The van der Waals surface area contributed by atoms with Crippen molar-refractivity contribution in [1.29, 1.82) is 0 Å². The van der Waals surface area contributed by atoms with Gasteiger partial charge in [0.1, 0.15) is 11.2 Å². The summed E-state index contributed by atoms with van der Waals surface area (Å²) < 4.78 is 9.93. The van der Waals surface area contributed by atoms with Gasteiger partial charge in [0.25, 0.3) is 0 Å². The molecule has 1 saturated heterocycles. The molecule has 1 rings (SSSR count). The minimum absolute atomic E-state index is 0.0502. The van der Waals surface area contributed by atoms with Crippen molar-refractivity contribution in [2.24, 2.45) is 0 Å². The Hall–Kier alpha value is -1.10. The first kappa shape index (κ1) is 12.0. The van der Waals surface area contributed by atoms with E-state index in [0.717, 1.165) is 0 Å². The van der Waals surface area contributed by atoms with Crippen molar-refractivity contribution in [3.63, 3.8) is 0 Å². The van der Waals surface area contributed by atoms with Gasteiger partial charge in [-0.1, -0.05) is 0 Å². The van der Waals surface area contributed by atoms with Crippen molar-refractivity contribution >= 4 is 11.9 Å². The smallest absolute Gasteiger partial charge is 0.408 e. The number of carbonyl (C=O) groups excluding carboxylic acids is 2. The van der Waals surface area contributed by atoms with E-state index in [0.29, 0.717) is 6.61 Å². The Morgan fingerprint density at radius 3 is 2.40 bits per heavy atom. The molecular weight excluding hydrogens is 198 g/mol. The highest BCUT2D eigenvalue weighted by molar-refractivity contribution is 5.92. The van der Waals surface area contributed by atoms with Crippen LogP contribution in [0.3, 0.4) is 0 Å². The lowest BCUT2D eigenvalue weighted by atomic mass is 10.1. The Labute approximate surface area is 89.1 Å². The standard InChI is InChI=1S/C10H17NO4/c1-9(2,3)15-8(13)11-5-7(12)10(4)6-14-10/h5-6H2,1-4H3,(H,11,13). The molecular formula is C10H17NO4. The molecule has 1 aliphatic heterocycles. The van der Waals surface area contributed by atoms with E-state index in [-0.39, 0.29) is 12.3 Å². The molecule has 15 heavy (non-hydrogen) atoms. The molecule has 0 radical (unpaired) electrons. The van der Waals surface area contributed by atoms with Gasteiger partial charge in [0, 0.05) is 0 Å². The molecule has 1 heterocycles. The van der Waals surface area contributed by atoms with Crippen LogP contribution in [0, 0.1) is 0 Å². The number of rotatable bonds is 3. The van der Waals surface area contributed by atoms with E-state index in [1.807, 2.05) is 0 Å². The Balaban J connectivity index is 2.25. The summed E-state index contributed by atoms with van der Waals surface area (Å²) in [5.41, 5.74) is -1.23. The predicted octanol–water partition coefficient (Wildman–Crippen LogP) is 0.869. The molecule has 5 nitrogen and oxygen atoms in total. The van der Waals surface area contributed by atoms with Gasteiger partial charge < -0.3 is 14.8 Å². The lowest BCUT2D eigenvalue weighted by molar-refractivity contribution is -0.122. The van der Waals surface area contributed by atoms with Crippen LogP contribution in [0.25, 0.3) is 0 Å². The van der Waals surface area contributed by atoms with Crippen molar-refractivity contribution in [2.75, 3.05) is 13.2 Å². The van der Waals surface area contributed by atoms with Gasteiger partial charge in [0.15, 0.2) is 5.78 Å². The summed E-state index contributed by atoms with van der Waals surface area (Å²) in [6.07, 6.45) is -0.583. The average Bonchev–Trinajstić information content (AvgIpc) is 2.77. The number of Topliss-reactive ketones (excluding diaryl/α,β-unsaturated/α-hetero) is 1. The lowest BCUT2D eigenvalue weighted by Crippen LogP contribution is -2.39. The second-order valence-corrected chi connectivity index (χ2v) is 4.80. The molecule has 0 aromatic heterocycles. The van der Waals surface area contributed by atoms with Crippen LogP contribution in [0.15, 0.2) is 0 Å². The van der Waals surface area contributed by atoms with Crippen LogP contribution in [0.2, 0.25) is 0 Å². The van der Waals surface area contributed by atoms with Gasteiger partial charge in [-0.05, 0) is 27.7 Å². The predicted molar refractivity (Wildman–Crippen MR) is 53.6 cm³/mol. The van der Waals surface area contributed by atoms with Crippen LogP contribution in [0.5, 0.6) is 0 Å². The molecule has 1 N–H and O–H groups in total. The summed E-state index contributed by atoms with van der Waals surface area (Å²) in [5.74, 6) is -0.131. The molecule has 0 bridgehead atoms. The summed E-state index contributed by atoms with van der Waals surface area (Å²) in [4.78, 5) is 22.6. The second-order valence-electron chi connectivity index (χ2n) is 4.80. The highest BCUT2D eigenvalue weighted by Gasteiger charge is 2.46. The number of epoxide rings is 1. The van der Waals surface area contributed by atoms with Gasteiger partial charge in [-0.3, -0.25) is 4.79 Å². The van der Waals surface area contributed by atoms with Gasteiger partial charge in [-0.15, -0.1) is 0 Å². The van der Waals surface area contributed by atoms with E-state index in [9.17, 15) is 9.59 Å². The quantitative estimate of drug-likeness (QED) is 0.709. The van der Waals surface area contributed by atoms with Crippen LogP contribution in [-0.2, 0) is 14.3 Å². The van der Waals surface area contributed by atoms with Crippen LogP contribution < -0.4 is 5.32 Å². The molecule has 0 spiro atoms.